The van der Waals surface area contributed by atoms with Crippen molar-refractivity contribution in [3.8, 4) is 5.75 Å². The fourth-order valence-corrected chi connectivity index (χ4v) is 2.67. The summed E-state index contributed by atoms with van der Waals surface area (Å²) in [6.07, 6.45) is 0. The lowest BCUT2D eigenvalue weighted by Gasteiger charge is -2.26. The van der Waals surface area contributed by atoms with E-state index in [2.05, 4.69) is 26.0 Å². The molecule has 1 amide bonds. The third-order valence-corrected chi connectivity index (χ3v) is 4.11. The van der Waals surface area contributed by atoms with Crippen LogP contribution in [0.3, 0.4) is 0 Å². The van der Waals surface area contributed by atoms with Gasteiger partial charge in [0.15, 0.2) is 0 Å². The molecular weight excluding hydrogens is 384 g/mol. The first-order chi connectivity index (χ1) is 13.5. The summed E-state index contributed by atoms with van der Waals surface area (Å²) in [5, 5.41) is 31.2. The summed E-state index contributed by atoms with van der Waals surface area (Å²) < 4.78 is 5.19. The van der Waals surface area contributed by atoms with Crippen molar-refractivity contribution in [3.05, 3.63) is 57.9 Å². The first-order valence-corrected chi connectivity index (χ1v) is 8.53. The van der Waals surface area contributed by atoms with Crippen LogP contribution < -0.4 is 25.6 Å². The van der Waals surface area contributed by atoms with Gasteiger partial charge in [-0.2, -0.15) is 0 Å². The summed E-state index contributed by atoms with van der Waals surface area (Å²) >= 11 is 5.96. The zero-order valence-electron chi connectivity index (χ0n) is 15.1. The van der Waals surface area contributed by atoms with Gasteiger partial charge < -0.3 is 20.1 Å². The lowest BCUT2D eigenvalue weighted by atomic mass is 10.2. The third-order valence-electron chi connectivity index (χ3n) is 3.87. The maximum atomic E-state index is 12.6. The number of hydrogen-bond acceptors (Lipinski definition) is 8. The van der Waals surface area contributed by atoms with Gasteiger partial charge in [-0.15, -0.1) is 10.2 Å². The van der Waals surface area contributed by atoms with E-state index in [1.165, 1.54) is 12.0 Å². The molecular formula is C18H16ClN6O3-. The van der Waals surface area contributed by atoms with Crippen molar-refractivity contribution in [2.75, 3.05) is 26.0 Å². The van der Waals surface area contributed by atoms with Gasteiger partial charge in [0.25, 0.3) is 0 Å². The number of rotatable bonds is 5. The van der Waals surface area contributed by atoms with Gasteiger partial charge in [0.05, 0.1) is 19.3 Å². The standard InChI is InChI=1S/C18H17ClN6O3/c1-25(10-16(26)20-14-9-13(19)7-8-15(14)28-2)18(27)12-5-3-11(4-6-12)17-21-23-24-22-17/h3-9,27H,10H2,1-2H3,(H,20,26)/p-1. The molecule has 1 aliphatic heterocycles. The van der Waals surface area contributed by atoms with Crippen molar-refractivity contribution in [2.24, 2.45) is 20.7 Å². The molecule has 2 aromatic rings. The summed E-state index contributed by atoms with van der Waals surface area (Å²) in [7, 11) is 3.03. The second kappa shape index (κ2) is 8.49. The van der Waals surface area contributed by atoms with Crippen LogP contribution in [-0.2, 0) is 4.79 Å². The first kappa shape index (κ1) is 19.3. The van der Waals surface area contributed by atoms with Gasteiger partial charge in [-0.3, -0.25) is 4.79 Å². The van der Waals surface area contributed by atoms with Crippen LogP contribution in [0.25, 0.3) is 11.7 Å². The van der Waals surface area contributed by atoms with Crippen molar-refractivity contribution in [3.63, 3.8) is 0 Å². The van der Waals surface area contributed by atoms with Gasteiger partial charge in [0, 0.05) is 17.3 Å². The quantitative estimate of drug-likeness (QED) is 0.814. The molecule has 10 heteroatoms. The van der Waals surface area contributed by atoms with E-state index in [9.17, 15) is 9.90 Å². The Bertz CT molecular complexity index is 1050. The zero-order chi connectivity index (χ0) is 20.1. The average molecular weight is 400 g/mol. The zero-order valence-corrected chi connectivity index (χ0v) is 15.8. The maximum Gasteiger partial charge on any atom is 0.243 e. The highest BCUT2D eigenvalue weighted by Gasteiger charge is 2.10. The number of methoxy groups -OCH3 is 1. The highest BCUT2D eigenvalue weighted by atomic mass is 35.5. The summed E-state index contributed by atoms with van der Waals surface area (Å²) in [6, 6.07) is 11.5. The van der Waals surface area contributed by atoms with Crippen LogP contribution in [0.2, 0.25) is 5.02 Å². The van der Waals surface area contributed by atoms with E-state index < -0.39 is 0 Å². The van der Waals surface area contributed by atoms with Crippen LogP contribution in [0.1, 0.15) is 0 Å². The summed E-state index contributed by atoms with van der Waals surface area (Å²) in [5.74, 6) is 0.165. The second-order valence-corrected chi connectivity index (χ2v) is 6.27. The second-order valence-electron chi connectivity index (χ2n) is 5.83. The minimum absolute atomic E-state index is 0.143. The van der Waals surface area contributed by atoms with E-state index in [1.807, 2.05) is 0 Å². The molecule has 0 aliphatic carbocycles. The molecule has 28 heavy (non-hydrogen) atoms. The predicted molar refractivity (Wildman–Crippen MR) is 101 cm³/mol. The Labute approximate surface area is 165 Å². The molecule has 3 rings (SSSR count). The van der Waals surface area contributed by atoms with Crippen molar-refractivity contribution in [1.29, 1.82) is 0 Å². The molecule has 144 valence electrons. The molecule has 0 saturated carbocycles. The Morgan fingerprint density at radius 2 is 1.86 bits per heavy atom. The van der Waals surface area contributed by atoms with Crippen molar-refractivity contribution in [1.82, 2.24) is 4.90 Å². The number of carbonyl (C=O) groups is 1. The monoisotopic (exact) mass is 399 g/mol. The average Bonchev–Trinajstić information content (AvgIpc) is 3.22. The Morgan fingerprint density at radius 3 is 2.50 bits per heavy atom. The Hall–Kier alpha value is -3.46. The summed E-state index contributed by atoms with van der Waals surface area (Å²) in [5.41, 5.74) is 0.433. The number of anilines is 1. The fraction of sp³-hybridized carbons (Fsp3) is 0.167. The maximum absolute atomic E-state index is 12.6. The summed E-state index contributed by atoms with van der Waals surface area (Å²) in [6.45, 7) is -0.143. The highest BCUT2D eigenvalue weighted by molar-refractivity contribution is 6.31. The highest BCUT2D eigenvalue weighted by Crippen LogP contribution is 2.27. The molecule has 0 bridgehead atoms. The number of hydrogen-bond donors (Lipinski definition) is 1. The number of likely N-dealkylation sites (N-methyl/N-ethyl adjacent to an activating group) is 1. The van der Waals surface area contributed by atoms with E-state index >= 15 is 0 Å². The van der Waals surface area contributed by atoms with Crippen LogP contribution in [0, 0.1) is 0 Å². The molecule has 1 heterocycles. The van der Waals surface area contributed by atoms with Gasteiger partial charge in [-0.05, 0) is 39.7 Å². The number of carbonyl (C=O) groups excluding carboxylic acids is 1. The SMILES string of the molecule is COc1ccc(Cl)cc1NC(=O)CN(C)C([O-])=c1ccc(=C2N=NN=N2)cc1. The van der Waals surface area contributed by atoms with E-state index in [-0.39, 0.29) is 18.3 Å². The van der Waals surface area contributed by atoms with Gasteiger partial charge in [-0.1, -0.05) is 35.9 Å². The number of amides is 1. The summed E-state index contributed by atoms with van der Waals surface area (Å²) in [4.78, 5) is 13.6. The number of ether oxygens (including phenoxy) is 1. The fourth-order valence-electron chi connectivity index (χ4n) is 2.50. The lowest BCUT2D eigenvalue weighted by Crippen LogP contribution is -2.37. The number of benzene rings is 2. The molecule has 0 radical (unpaired) electrons. The Morgan fingerprint density at radius 1 is 1.18 bits per heavy atom. The number of nitrogens with zero attached hydrogens (tertiary/aromatic N) is 5. The van der Waals surface area contributed by atoms with Crippen molar-refractivity contribution < 1.29 is 14.6 Å². The van der Waals surface area contributed by atoms with Crippen molar-refractivity contribution in [2.45, 2.75) is 0 Å². The minimum Gasteiger partial charge on any atom is -0.860 e. The number of halogens is 1. The molecule has 0 aromatic heterocycles. The van der Waals surface area contributed by atoms with E-state index in [0.29, 0.717) is 32.7 Å². The normalized spacial score (nSPS) is 12.2. The Balaban J connectivity index is 1.74. The van der Waals surface area contributed by atoms with E-state index in [4.69, 9.17) is 16.3 Å². The van der Waals surface area contributed by atoms with Gasteiger partial charge in [0.1, 0.15) is 5.75 Å². The first-order valence-electron chi connectivity index (χ1n) is 8.16. The van der Waals surface area contributed by atoms with Gasteiger partial charge >= 0.3 is 0 Å². The van der Waals surface area contributed by atoms with Gasteiger partial charge in [0.2, 0.25) is 11.7 Å². The molecule has 0 fully saturated rings. The molecule has 9 nitrogen and oxygen atoms in total. The topological polar surface area (TPSA) is 114 Å². The van der Waals surface area contributed by atoms with Crippen LogP contribution >= 0.6 is 11.6 Å². The molecule has 1 N–H and O–H groups in total. The number of nitrogens with one attached hydrogen (secondary N) is 1. The largest absolute Gasteiger partial charge is 0.860 e. The van der Waals surface area contributed by atoms with Crippen LogP contribution in [0.15, 0.2) is 63.1 Å². The van der Waals surface area contributed by atoms with Crippen LogP contribution in [0.5, 0.6) is 5.75 Å². The van der Waals surface area contributed by atoms with E-state index in [0.717, 1.165) is 0 Å². The minimum atomic E-state index is -0.379. The van der Waals surface area contributed by atoms with E-state index in [1.54, 1.807) is 49.5 Å². The van der Waals surface area contributed by atoms with Crippen LogP contribution in [0.4, 0.5) is 5.69 Å². The van der Waals surface area contributed by atoms with Crippen molar-refractivity contribution >= 4 is 34.9 Å². The Kier molecular flexibility index (Phi) is 5.85. The van der Waals surface area contributed by atoms with Crippen LogP contribution in [-0.4, -0.2) is 31.5 Å². The smallest absolute Gasteiger partial charge is 0.243 e. The molecule has 2 aromatic carbocycles. The molecule has 0 spiro atoms. The predicted octanol–water partition coefficient (Wildman–Crippen LogP) is 1.24. The van der Waals surface area contributed by atoms with Gasteiger partial charge in [-0.25, -0.2) is 0 Å². The molecule has 1 aliphatic rings. The molecule has 0 unspecified atom stereocenters. The molecule has 0 saturated heterocycles. The molecule has 0 atom stereocenters. The third kappa shape index (κ3) is 4.44. The lowest BCUT2D eigenvalue weighted by molar-refractivity contribution is -0.270.